The molecular formula is C29H25N3O8. The van der Waals surface area contributed by atoms with Crippen LogP contribution in [0.25, 0.3) is 6.08 Å². The third kappa shape index (κ3) is 5.99. The summed E-state index contributed by atoms with van der Waals surface area (Å²) in [4.78, 5) is 48.8. The second-order valence-corrected chi connectivity index (χ2v) is 8.50. The Morgan fingerprint density at radius 1 is 1.00 bits per heavy atom. The largest absolute Gasteiger partial charge is 0.493 e. The van der Waals surface area contributed by atoms with Crippen LogP contribution in [0.2, 0.25) is 0 Å². The van der Waals surface area contributed by atoms with Gasteiger partial charge < -0.3 is 24.6 Å². The van der Waals surface area contributed by atoms with E-state index in [9.17, 15) is 24.3 Å². The second-order valence-electron chi connectivity index (χ2n) is 8.50. The molecule has 0 aliphatic carbocycles. The van der Waals surface area contributed by atoms with Crippen molar-refractivity contribution in [3.05, 3.63) is 89.0 Å². The number of methoxy groups -OCH3 is 2. The van der Waals surface area contributed by atoms with E-state index in [2.05, 4.69) is 10.4 Å². The van der Waals surface area contributed by atoms with Gasteiger partial charge in [0.1, 0.15) is 0 Å². The fourth-order valence-corrected chi connectivity index (χ4v) is 3.90. The quantitative estimate of drug-likeness (QED) is 0.304. The van der Waals surface area contributed by atoms with Crippen LogP contribution in [0.5, 0.6) is 11.5 Å². The number of carbonyl (C=O) groups excluding carboxylic acids is 3. The van der Waals surface area contributed by atoms with E-state index in [1.807, 2.05) is 0 Å². The normalized spacial score (nSPS) is 13.6. The summed E-state index contributed by atoms with van der Waals surface area (Å²) in [7, 11) is 2.69. The highest BCUT2D eigenvalue weighted by Crippen LogP contribution is 2.31. The minimum atomic E-state index is -1.11. The molecule has 0 fully saturated rings. The number of rotatable bonds is 9. The average Bonchev–Trinajstić information content (AvgIpc) is 3.24. The number of aromatic carboxylic acids is 1. The van der Waals surface area contributed by atoms with E-state index in [1.165, 1.54) is 32.4 Å². The monoisotopic (exact) mass is 543 g/mol. The van der Waals surface area contributed by atoms with E-state index in [0.29, 0.717) is 34.0 Å². The van der Waals surface area contributed by atoms with Crippen molar-refractivity contribution in [2.75, 3.05) is 31.2 Å². The number of benzene rings is 3. The molecule has 40 heavy (non-hydrogen) atoms. The van der Waals surface area contributed by atoms with Gasteiger partial charge in [-0.15, -0.1) is 0 Å². The molecule has 1 aliphatic heterocycles. The zero-order valence-electron chi connectivity index (χ0n) is 21.8. The van der Waals surface area contributed by atoms with Gasteiger partial charge in [0.25, 0.3) is 11.8 Å². The summed E-state index contributed by atoms with van der Waals surface area (Å²) in [5, 5.41) is 17.3. The predicted octanol–water partition coefficient (Wildman–Crippen LogP) is 4.00. The van der Waals surface area contributed by atoms with Crippen molar-refractivity contribution in [3.63, 3.8) is 0 Å². The molecule has 0 saturated heterocycles. The standard InChI is InChI=1S/C29H25N3O8/c1-17-22(27(34)32(31-17)20-8-6-7-19(15-20)28(35)36)13-18-11-12-24(25(14-18)38-2)40-16-26(33)30-23-10-5-4-9-21(23)29(37)39-3/h4-15H,16H2,1-3H3,(H,30,33)(H,35,36)/b22-13+. The molecule has 0 radical (unpaired) electrons. The minimum Gasteiger partial charge on any atom is -0.493 e. The molecule has 1 aliphatic rings. The van der Waals surface area contributed by atoms with E-state index < -0.39 is 23.8 Å². The van der Waals surface area contributed by atoms with E-state index in [0.717, 1.165) is 5.01 Å². The molecule has 2 N–H and O–H groups in total. The number of hydrazone groups is 1. The number of hydrogen-bond acceptors (Lipinski definition) is 8. The number of para-hydroxylation sites is 1. The number of nitrogens with zero attached hydrogens (tertiary/aromatic N) is 2. The van der Waals surface area contributed by atoms with E-state index in [-0.39, 0.29) is 23.5 Å². The van der Waals surface area contributed by atoms with Gasteiger partial charge in [-0.05, 0) is 61.0 Å². The molecule has 3 aromatic carbocycles. The highest BCUT2D eigenvalue weighted by molar-refractivity contribution is 6.32. The molecule has 204 valence electrons. The van der Waals surface area contributed by atoms with Crippen LogP contribution in [0.3, 0.4) is 0 Å². The molecule has 0 unspecified atom stereocenters. The number of nitrogens with one attached hydrogen (secondary N) is 1. The first-order valence-electron chi connectivity index (χ1n) is 11.9. The molecule has 1 heterocycles. The number of carboxylic acids is 1. The lowest BCUT2D eigenvalue weighted by Gasteiger charge is -2.13. The van der Waals surface area contributed by atoms with Crippen LogP contribution in [-0.2, 0) is 14.3 Å². The number of amides is 2. The molecule has 11 heteroatoms. The van der Waals surface area contributed by atoms with Gasteiger partial charge in [-0.25, -0.2) is 9.59 Å². The van der Waals surface area contributed by atoms with Crippen molar-refractivity contribution >= 4 is 46.9 Å². The Kier molecular flexibility index (Phi) is 8.24. The van der Waals surface area contributed by atoms with Gasteiger partial charge in [0.05, 0.1) is 48.0 Å². The van der Waals surface area contributed by atoms with Crippen LogP contribution >= 0.6 is 0 Å². The van der Waals surface area contributed by atoms with Crippen LogP contribution < -0.4 is 19.8 Å². The van der Waals surface area contributed by atoms with Crippen molar-refractivity contribution in [1.82, 2.24) is 0 Å². The number of ether oxygens (including phenoxy) is 3. The molecule has 11 nitrogen and oxygen atoms in total. The average molecular weight is 544 g/mol. The summed E-state index contributed by atoms with van der Waals surface area (Å²) in [6.45, 7) is 1.32. The molecule has 0 aromatic heterocycles. The number of anilines is 2. The highest BCUT2D eigenvalue weighted by atomic mass is 16.5. The Labute approximate surface area is 229 Å². The first-order valence-corrected chi connectivity index (χ1v) is 11.9. The Hall–Kier alpha value is -5.45. The lowest BCUT2D eigenvalue weighted by molar-refractivity contribution is -0.118. The van der Waals surface area contributed by atoms with Crippen molar-refractivity contribution in [2.45, 2.75) is 6.92 Å². The van der Waals surface area contributed by atoms with Crippen LogP contribution in [0.15, 0.2) is 77.4 Å². The number of carboxylic acid groups (broad SMARTS) is 1. The number of carbonyl (C=O) groups is 4. The maximum absolute atomic E-state index is 13.1. The molecule has 4 rings (SSSR count). The highest BCUT2D eigenvalue weighted by Gasteiger charge is 2.29. The summed E-state index contributed by atoms with van der Waals surface area (Å²) in [5.74, 6) is -1.99. The lowest BCUT2D eigenvalue weighted by atomic mass is 10.1. The zero-order valence-corrected chi connectivity index (χ0v) is 21.8. The SMILES string of the molecule is COC(=O)c1ccccc1NC(=O)COc1ccc(/C=C2/C(=O)N(c3cccc(C(=O)O)c3)N=C2C)cc1OC. The van der Waals surface area contributed by atoms with E-state index in [4.69, 9.17) is 14.2 Å². The smallest absolute Gasteiger partial charge is 0.339 e. The van der Waals surface area contributed by atoms with Gasteiger partial charge in [0.15, 0.2) is 18.1 Å². The topological polar surface area (TPSA) is 144 Å². The van der Waals surface area contributed by atoms with Gasteiger partial charge >= 0.3 is 11.9 Å². The van der Waals surface area contributed by atoms with Crippen molar-refractivity contribution in [1.29, 1.82) is 0 Å². The van der Waals surface area contributed by atoms with E-state index >= 15 is 0 Å². The Morgan fingerprint density at radius 2 is 1.77 bits per heavy atom. The van der Waals surface area contributed by atoms with Gasteiger partial charge in [-0.2, -0.15) is 10.1 Å². The van der Waals surface area contributed by atoms with Crippen LogP contribution in [0, 0.1) is 0 Å². The van der Waals surface area contributed by atoms with Crippen molar-refractivity contribution in [2.24, 2.45) is 5.10 Å². The third-order valence-corrected chi connectivity index (χ3v) is 5.86. The lowest BCUT2D eigenvalue weighted by Crippen LogP contribution is -2.22. The Bertz CT molecular complexity index is 1560. The molecule has 2 amide bonds. The summed E-state index contributed by atoms with van der Waals surface area (Å²) in [6.07, 6.45) is 1.63. The van der Waals surface area contributed by atoms with Crippen LogP contribution in [0.1, 0.15) is 33.2 Å². The second kappa shape index (κ2) is 11.9. The third-order valence-electron chi connectivity index (χ3n) is 5.86. The van der Waals surface area contributed by atoms with E-state index in [1.54, 1.807) is 61.5 Å². The first kappa shape index (κ1) is 27.6. The zero-order chi connectivity index (χ0) is 28.8. The van der Waals surface area contributed by atoms with Crippen LogP contribution in [0.4, 0.5) is 11.4 Å². The number of esters is 1. The Balaban J connectivity index is 1.47. The van der Waals surface area contributed by atoms with Crippen LogP contribution in [-0.4, -0.2) is 55.4 Å². The molecule has 0 spiro atoms. The predicted molar refractivity (Wildman–Crippen MR) is 147 cm³/mol. The summed E-state index contributed by atoms with van der Waals surface area (Å²) in [5.41, 5.74) is 2.26. The molecule has 0 bridgehead atoms. The maximum Gasteiger partial charge on any atom is 0.339 e. The van der Waals surface area contributed by atoms with Gasteiger partial charge in [-0.3, -0.25) is 9.59 Å². The maximum atomic E-state index is 13.1. The summed E-state index contributed by atoms with van der Waals surface area (Å²) >= 11 is 0. The van der Waals surface area contributed by atoms with Gasteiger partial charge in [-0.1, -0.05) is 24.3 Å². The first-order chi connectivity index (χ1) is 19.2. The van der Waals surface area contributed by atoms with Crippen molar-refractivity contribution in [3.8, 4) is 11.5 Å². The minimum absolute atomic E-state index is 0.0391. The van der Waals surface area contributed by atoms with Crippen molar-refractivity contribution < 1.29 is 38.5 Å². The van der Waals surface area contributed by atoms with Gasteiger partial charge in [0, 0.05) is 0 Å². The number of hydrogen-bond donors (Lipinski definition) is 2. The summed E-state index contributed by atoms with van der Waals surface area (Å²) in [6, 6.07) is 17.3. The summed E-state index contributed by atoms with van der Waals surface area (Å²) < 4.78 is 15.8. The fourth-order valence-electron chi connectivity index (χ4n) is 3.90. The Morgan fingerprint density at radius 3 is 2.50 bits per heavy atom. The molecular weight excluding hydrogens is 518 g/mol. The molecule has 0 saturated carbocycles. The van der Waals surface area contributed by atoms with Gasteiger partial charge in [0.2, 0.25) is 0 Å². The fraction of sp³-hybridized carbons (Fsp3) is 0.138. The molecule has 0 atom stereocenters. The molecule has 3 aromatic rings.